The van der Waals surface area contributed by atoms with Gasteiger partial charge in [-0.1, -0.05) is 35.9 Å². The molecule has 0 radical (unpaired) electrons. The molecule has 2 nitrogen and oxygen atoms in total. The fourth-order valence-corrected chi connectivity index (χ4v) is 2.55. The van der Waals surface area contributed by atoms with Crippen molar-refractivity contribution in [1.29, 1.82) is 0 Å². The summed E-state index contributed by atoms with van der Waals surface area (Å²) in [6.45, 7) is 1.97. The summed E-state index contributed by atoms with van der Waals surface area (Å²) in [4.78, 5) is 11.9. The second-order valence-electron chi connectivity index (χ2n) is 4.61. The summed E-state index contributed by atoms with van der Waals surface area (Å²) in [5.74, 6) is 0.0193. The van der Waals surface area contributed by atoms with Crippen LogP contribution in [0.2, 0.25) is 5.02 Å². The van der Waals surface area contributed by atoms with Crippen LogP contribution in [0.1, 0.15) is 17.5 Å². The van der Waals surface area contributed by atoms with E-state index in [1.165, 1.54) is 0 Å². The van der Waals surface area contributed by atoms with Gasteiger partial charge >= 0.3 is 0 Å². The van der Waals surface area contributed by atoms with Crippen LogP contribution in [0, 0.1) is 10.5 Å². The zero-order valence-corrected chi connectivity index (χ0v) is 14.0. The van der Waals surface area contributed by atoms with Crippen LogP contribution in [0.3, 0.4) is 0 Å². The van der Waals surface area contributed by atoms with E-state index in [0.29, 0.717) is 12.8 Å². The smallest absolute Gasteiger partial charge is 0.224 e. The molecule has 0 aliphatic heterocycles. The highest BCUT2D eigenvalue weighted by atomic mass is 127. The Morgan fingerprint density at radius 1 is 1.25 bits per heavy atom. The van der Waals surface area contributed by atoms with E-state index < -0.39 is 0 Å². The Bertz CT molecular complexity index is 628. The first kappa shape index (κ1) is 15.3. The highest BCUT2D eigenvalue weighted by molar-refractivity contribution is 14.1. The lowest BCUT2D eigenvalue weighted by atomic mass is 10.1. The molecule has 0 unspecified atom stereocenters. The van der Waals surface area contributed by atoms with E-state index in [9.17, 15) is 4.79 Å². The van der Waals surface area contributed by atoms with Crippen molar-refractivity contribution in [3.05, 3.63) is 62.2 Å². The Balaban J connectivity index is 1.92. The minimum absolute atomic E-state index is 0.0193. The molecule has 0 aliphatic carbocycles. The molecule has 4 heteroatoms. The van der Waals surface area contributed by atoms with Gasteiger partial charge in [0.1, 0.15) is 0 Å². The Hall–Kier alpha value is -1.07. The third-order valence-corrected chi connectivity index (χ3v) is 4.37. The van der Waals surface area contributed by atoms with Crippen molar-refractivity contribution in [1.82, 2.24) is 0 Å². The second kappa shape index (κ2) is 7.09. The van der Waals surface area contributed by atoms with Crippen LogP contribution in [0.5, 0.6) is 0 Å². The second-order valence-corrected chi connectivity index (χ2v) is 6.18. The van der Waals surface area contributed by atoms with Gasteiger partial charge in [-0.25, -0.2) is 0 Å². The lowest BCUT2D eigenvalue weighted by Gasteiger charge is -2.08. The Morgan fingerprint density at radius 3 is 2.70 bits per heavy atom. The number of para-hydroxylation sites is 1. The van der Waals surface area contributed by atoms with E-state index in [2.05, 4.69) is 27.9 Å². The molecule has 0 aromatic heterocycles. The minimum Gasteiger partial charge on any atom is -0.325 e. The number of benzene rings is 2. The van der Waals surface area contributed by atoms with Crippen molar-refractivity contribution >= 4 is 45.8 Å². The molecule has 0 heterocycles. The molecule has 0 fully saturated rings. The van der Waals surface area contributed by atoms with Crippen LogP contribution < -0.4 is 5.32 Å². The van der Waals surface area contributed by atoms with Gasteiger partial charge in [0.2, 0.25) is 5.91 Å². The van der Waals surface area contributed by atoms with Crippen molar-refractivity contribution in [2.75, 3.05) is 5.32 Å². The predicted octanol–water partition coefficient (Wildman–Crippen LogP) is 4.82. The first-order valence-electron chi connectivity index (χ1n) is 6.35. The molecule has 2 aromatic carbocycles. The Labute approximate surface area is 137 Å². The first-order valence-corrected chi connectivity index (χ1v) is 7.81. The topological polar surface area (TPSA) is 29.1 Å². The van der Waals surface area contributed by atoms with Crippen molar-refractivity contribution in [2.24, 2.45) is 0 Å². The molecule has 2 aromatic rings. The molecular formula is C16H15ClINO. The molecule has 2 rings (SSSR count). The predicted molar refractivity (Wildman–Crippen MR) is 92.3 cm³/mol. The number of anilines is 1. The fraction of sp³-hybridized carbons (Fsp3) is 0.188. The highest BCUT2D eigenvalue weighted by Gasteiger charge is 2.06. The van der Waals surface area contributed by atoms with E-state index >= 15 is 0 Å². The molecule has 0 saturated heterocycles. The maximum Gasteiger partial charge on any atom is 0.224 e. The average Bonchev–Trinajstić information content (AvgIpc) is 2.43. The van der Waals surface area contributed by atoms with Gasteiger partial charge in [-0.3, -0.25) is 4.79 Å². The summed E-state index contributed by atoms with van der Waals surface area (Å²) in [6, 6.07) is 13.7. The largest absolute Gasteiger partial charge is 0.325 e. The summed E-state index contributed by atoms with van der Waals surface area (Å²) in [7, 11) is 0. The molecule has 0 bridgehead atoms. The maximum absolute atomic E-state index is 11.9. The fourth-order valence-electron chi connectivity index (χ4n) is 1.83. The summed E-state index contributed by atoms with van der Waals surface area (Å²) in [5.41, 5.74) is 3.00. The van der Waals surface area contributed by atoms with Crippen LogP contribution >= 0.6 is 34.2 Å². The molecular weight excluding hydrogens is 385 g/mol. The number of amides is 1. The van der Waals surface area contributed by atoms with Crippen LogP contribution in [0.25, 0.3) is 0 Å². The van der Waals surface area contributed by atoms with Crippen LogP contribution in [-0.2, 0) is 11.2 Å². The highest BCUT2D eigenvalue weighted by Crippen LogP contribution is 2.19. The van der Waals surface area contributed by atoms with Gasteiger partial charge in [-0.15, -0.1) is 0 Å². The zero-order chi connectivity index (χ0) is 14.5. The minimum atomic E-state index is 0.0193. The standard InChI is InChI=1S/C16H15ClINO/c1-11-6-7-12(10-13(11)17)8-9-16(20)19-15-5-3-2-4-14(15)18/h2-7,10H,8-9H2,1H3,(H,19,20). The van der Waals surface area contributed by atoms with Crippen molar-refractivity contribution in [2.45, 2.75) is 19.8 Å². The van der Waals surface area contributed by atoms with E-state index in [4.69, 9.17) is 11.6 Å². The van der Waals surface area contributed by atoms with E-state index in [-0.39, 0.29) is 5.91 Å². The summed E-state index contributed by atoms with van der Waals surface area (Å²) in [5, 5.41) is 3.68. The molecule has 1 N–H and O–H groups in total. The quantitative estimate of drug-likeness (QED) is 0.734. The summed E-state index contributed by atoms with van der Waals surface area (Å²) in [6.07, 6.45) is 1.14. The molecule has 104 valence electrons. The van der Waals surface area contributed by atoms with E-state index in [1.54, 1.807) is 0 Å². The number of aryl methyl sites for hydroxylation is 2. The van der Waals surface area contributed by atoms with Crippen LogP contribution in [0.4, 0.5) is 5.69 Å². The Morgan fingerprint density at radius 2 is 2.00 bits per heavy atom. The zero-order valence-electron chi connectivity index (χ0n) is 11.1. The van der Waals surface area contributed by atoms with Gasteiger partial charge in [0, 0.05) is 15.0 Å². The molecule has 0 aliphatic rings. The first-order chi connectivity index (χ1) is 9.56. The molecule has 0 spiro atoms. The monoisotopic (exact) mass is 399 g/mol. The maximum atomic E-state index is 11.9. The van der Waals surface area contributed by atoms with E-state index in [0.717, 1.165) is 25.4 Å². The lowest BCUT2D eigenvalue weighted by molar-refractivity contribution is -0.116. The number of carbonyl (C=O) groups is 1. The third-order valence-electron chi connectivity index (χ3n) is 3.02. The molecule has 1 amide bonds. The van der Waals surface area contributed by atoms with Crippen LogP contribution in [-0.4, -0.2) is 5.91 Å². The number of nitrogens with one attached hydrogen (secondary N) is 1. The average molecular weight is 400 g/mol. The lowest BCUT2D eigenvalue weighted by Crippen LogP contribution is -2.13. The molecule has 20 heavy (non-hydrogen) atoms. The SMILES string of the molecule is Cc1ccc(CCC(=O)Nc2ccccc2I)cc1Cl. The normalized spacial score (nSPS) is 10.3. The number of rotatable bonds is 4. The van der Waals surface area contributed by atoms with Crippen molar-refractivity contribution < 1.29 is 4.79 Å². The van der Waals surface area contributed by atoms with E-state index in [1.807, 2.05) is 49.4 Å². The number of carbonyl (C=O) groups excluding carboxylic acids is 1. The van der Waals surface area contributed by atoms with Gasteiger partial charge in [-0.2, -0.15) is 0 Å². The van der Waals surface area contributed by atoms with Gasteiger partial charge < -0.3 is 5.32 Å². The van der Waals surface area contributed by atoms with Gasteiger partial charge in [0.05, 0.1) is 5.69 Å². The number of halogens is 2. The molecule has 0 atom stereocenters. The number of hydrogen-bond acceptors (Lipinski definition) is 1. The van der Waals surface area contributed by atoms with Crippen molar-refractivity contribution in [3.8, 4) is 0 Å². The summed E-state index contributed by atoms with van der Waals surface area (Å²) < 4.78 is 1.04. The van der Waals surface area contributed by atoms with Gasteiger partial charge in [0.25, 0.3) is 0 Å². The van der Waals surface area contributed by atoms with Crippen LogP contribution in [0.15, 0.2) is 42.5 Å². The Kier molecular flexibility index (Phi) is 5.43. The third kappa shape index (κ3) is 4.21. The molecule has 0 saturated carbocycles. The number of hydrogen-bond donors (Lipinski definition) is 1. The summed E-state index contributed by atoms with van der Waals surface area (Å²) >= 11 is 8.29. The van der Waals surface area contributed by atoms with Crippen molar-refractivity contribution in [3.63, 3.8) is 0 Å². The van der Waals surface area contributed by atoms with Gasteiger partial charge in [0.15, 0.2) is 0 Å². The van der Waals surface area contributed by atoms with Gasteiger partial charge in [-0.05, 0) is 65.3 Å².